The first-order valence-electron chi connectivity index (χ1n) is 6.74. The normalized spacial score (nSPS) is 12.4. The van der Waals surface area contributed by atoms with Crippen LogP contribution in [0.1, 0.15) is 27.0 Å². The van der Waals surface area contributed by atoms with Gasteiger partial charge >= 0.3 is 0 Å². The fourth-order valence-corrected chi connectivity index (χ4v) is 2.80. The number of carbonyl (C=O) groups excluding carboxylic acids is 1. The summed E-state index contributed by atoms with van der Waals surface area (Å²) in [5.74, 6) is -0.570. The maximum absolute atomic E-state index is 11.7. The van der Waals surface area contributed by atoms with Crippen LogP contribution in [0.15, 0.2) is 36.4 Å². The smallest absolute Gasteiger partial charge is 0.249 e. The monoisotopic (exact) mass is 288 g/mol. The number of hydrogen-bond donors (Lipinski definition) is 1. The summed E-state index contributed by atoms with van der Waals surface area (Å²) in [5, 5.41) is 18.1. The largest absolute Gasteiger partial charge is 0.366 e. The van der Waals surface area contributed by atoms with E-state index < -0.39 is 5.91 Å². The van der Waals surface area contributed by atoms with Crippen molar-refractivity contribution in [3.8, 4) is 23.4 Å². The van der Waals surface area contributed by atoms with Crippen molar-refractivity contribution >= 4 is 5.91 Å². The Labute approximate surface area is 127 Å². The van der Waals surface area contributed by atoms with Crippen LogP contribution in [0, 0.1) is 22.8 Å². The highest BCUT2D eigenvalue weighted by molar-refractivity contribution is 6.00. The van der Waals surface area contributed by atoms with Crippen LogP contribution < -0.4 is 5.73 Å². The molecule has 0 saturated carbocycles. The highest BCUT2D eigenvalue weighted by Crippen LogP contribution is 2.34. The Morgan fingerprint density at radius 2 is 1.95 bits per heavy atom. The topological polar surface area (TPSA) is 93.9 Å². The maximum atomic E-state index is 11.7. The molecule has 2 N–H and O–H groups in total. The lowest BCUT2D eigenvalue weighted by atomic mass is 9.92. The van der Waals surface area contributed by atoms with Gasteiger partial charge in [0.05, 0.1) is 24.7 Å². The van der Waals surface area contributed by atoms with Crippen LogP contribution in [0.4, 0.5) is 0 Å². The second-order valence-electron chi connectivity index (χ2n) is 5.14. The second-order valence-corrected chi connectivity index (χ2v) is 5.14. The molecule has 0 unspecified atom stereocenters. The lowest BCUT2D eigenvalue weighted by Gasteiger charge is -2.12. The van der Waals surface area contributed by atoms with Gasteiger partial charge < -0.3 is 10.6 Å². The van der Waals surface area contributed by atoms with Crippen molar-refractivity contribution in [3.63, 3.8) is 0 Å². The fraction of sp³-hybridized carbons (Fsp3) is 0.118. The highest BCUT2D eigenvalue weighted by atomic mass is 16.1. The third-order valence-electron chi connectivity index (χ3n) is 3.83. The van der Waals surface area contributed by atoms with Gasteiger partial charge in [-0.15, -0.1) is 0 Å². The lowest BCUT2D eigenvalue weighted by Crippen LogP contribution is -2.13. The van der Waals surface area contributed by atoms with E-state index in [0.717, 1.165) is 16.7 Å². The predicted molar refractivity (Wildman–Crippen MR) is 80.0 cm³/mol. The van der Waals surface area contributed by atoms with Crippen LogP contribution in [0.25, 0.3) is 11.1 Å². The molecule has 0 spiro atoms. The molecule has 0 aromatic heterocycles. The molecular formula is C17H12N4O. The number of primary amides is 1. The quantitative estimate of drug-likeness (QED) is 0.856. The summed E-state index contributed by atoms with van der Waals surface area (Å²) >= 11 is 0. The van der Waals surface area contributed by atoms with Crippen molar-refractivity contribution in [1.82, 2.24) is 4.90 Å². The van der Waals surface area contributed by atoms with E-state index >= 15 is 0 Å². The van der Waals surface area contributed by atoms with Gasteiger partial charge in [-0.1, -0.05) is 24.3 Å². The molecule has 2 aromatic carbocycles. The van der Waals surface area contributed by atoms with Gasteiger partial charge in [0.2, 0.25) is 5.91 Å². The minimum Gasteiger partial charge on any atom is -0.366 e. The van der Waals surface area contributed by atoms with Gasteiger partial charge in [0.25, 0.3) is 0 Å². The van der Waals surface area contributed by atoms with E-state index in [1.54, 1.807) is 17.0 Å². The number of carbonyl (C=O) groups is 1. The van der Waals surface area contributed by atoms with Crippen LogP contribution in [-0.4, -0.2) is 10.8 Å². The summed E-state index contributed by atoms with van der Waals surface area (Å²) in [6.07, 6.45) is 2.14. The van der Waals surface area contributed by atoms with Crippen molar-refractivity contribution in [2.75, 3.05) is 0 Å². The Balaban J connectivity index is 2.19. The Morgan fingerprint density at radius 1 is 1.14 bits per heavy atom. The summed E-state index contributed by atoms with van der Waals surface area (Å²) in [7, 11) is 0. The Bertz CT molecular complexity index is 858. The van der Waals surface area contributed by atoms with E-state index in [9.17, 15) is 4.79 Å². The van der Waals surface area contributed by atoms with E-state index in [1.165, 1.54) is 6.07 Å². The predicted octanol–water partition coefficient (Wildman–Crippen LogP) is 2.12. The molecule has 1 aliphatic heterocycles. The minimum absolute atomic E-state index is 0.322. The van der Waals surface area contributed by atoms with Crippen molar-refractivity contribution in [1.29, 1.82) is 10.5 Å². The van der Waals surface area contributed by atoms with Crippen molar-refractivity contribution in [2.24, 2.45) is 5.73 Å². The molecular weight excluding hydrogens is 276 g/mol. The van der Waals surface area contributed by atoms with Crippen LogP contribution in [-0.2, 0) is 13.1 Å². The number of nitrogens with two attached hydrogens (primary N) is 1. The Hall–Kier alpha value is -3.31. The number of hydrogen-bond acceptors (Lipinski definition) is 4. The van der Waals surface area contributed by atoms with E-state index in [-0.39, 0.29) is 0 Å². The highest BCUT2D eigenvalue weighted by Gasteiger charge is 2.23. The summed E-state index contributed by atoms with van der Waals surface area (Å²) in [6, 6.07) is 12.7. The molecule has 0 radical (unpaired) electrons. The van der Waals surface area contributed by atoms with E-state index in [2.05, 4.69) is 6.19 Å². The number of nitrogens with zero attached hydrogens (tertiary/aromatic N) is 3. The molecule has 3 rings (SSSR count). The molecule has 0 atom stereocenters. The molecule has 2 aromatic rings. The minimum atomic E-state index is -0.570. The van der Waals surface area contributed by atoms with E-state index in [1.807, 2.05) is 24.3 Å². The molecule has 22 heavy (non-hydrogen) atoms. The molecule has 5 heteroatoms. The molecule has 0 saturated heterocycles. The SMILES string of the molecule is N#Cc1ccc(-c2cccc3c2CN(C#N)C3)c(C(N)=O)c1. The van der Waals surface area contributed by atoms with Gasteiger partial charge in [0.15, 0.2) is 6.19 Å². The molecule has 0 fully saturated rings. The standard InChI is InChI=1S/C17H12N4O/c18-7-11-4-5-14(15(6-11)17(20)22)13-3-1-2-12-8-21(10-19)9-16(12)13/h1-6H,8-9H2,(H2,20,22). The first-order valence-corrected chi connectivity index (χ1v) is 6.74. The zero-order valence-electron chi connectivity index (χ0n) is 11.7. The first-order chi connectivity index (χ1) is 10.6. The number of rotatable bonds is 2. The zero-order chi connectivity index (χ0) is 15.7. The maximum Gasteiger partial charge on any atom is 0.249 e. The van der Waals surface area contributed by atoms with E-state index in [0.29, 0.717) is 29.8 Å². The van der Waals surface area contributed by atoms with Gasteiger partial charge in [0.1, 0.15) is 0 Å². The average Bonchev–Trinajstić information content (AvgIpc) is 2.97. The van der Waals surface area contributed by atoms with E-state index in [4.69, 9.17) is 16.3 Å². The third kappa shape index (κ3) is 2.15. The summed E-state index contributed by atoms with van der Waals surface area (Å²) in [5.41, 5.74) is 9.85. The molecule has 0 bridgehead atoms. The zero-order valence-corrected chi connectivity index (χ0v) is 11.7. The van der Waals surface area contributed by atoms with Gasteiger partial charge in [-0.3, -0.25) is 4.79 Å². The summed E-state index contributed by atoms with van der Waals surface area (Å²) < 4.78 is 0. The summed E-state index contributed by atoms with van der Waals surface area (Å²) in [4.78, 5) is 13.4. The van der Waals surface area contributed by atoms with Crippen LogP contribution >= 0.6 is 0 Å². The number of benzene rings is 2. The van der Waals surface area contributed by atoms with Gasteiger partial charge in [-0.05, 0) is 34.4 Å². The molecule has 0 aliphatic carbocycles. The molecule has 1 heterocycles. The average molecular weight is 288 g/mol. The molecule has 1 amide bonds. The Kier molecular flexibility index (Phi) is 3.25. The number of nitriles is 2. The molecule has 5 nitrogen and oxygen atoms in total. The Morgan fingerprint density at radius 3 is 2.64 bits per heavy atom. The first kappa shape index (κ1) is 13.7. The van der Waals surface area contributed by atoms with Crippen molar-refractivity contribution in [2.45, 2.75) is 13.1 Å². The van der Waals surface area contributed by atoms with Crippen LogP contribution in [0.3, 0.4) is 0 Å². The second kappa shape index (κ2) is 5.23. The van der Waals surface area contributed by atoms with Gasteiger partial charge in [0, 0.05) is 5.56 Å². The lowest BCUT2D eigenvalue weighted by molar-refractivity contribution is 0.100. The van der Waals surface area contributed by atoms with Gasteiger partial charge in [-0.25, -0.2) is 0 Å². The van der Waals surface area contributed by atoms with Crippen LogP contribution in [0.2, 0.25) is 0 Å². The number of fused-ring (bicyclic) bond motifs is 1. The van der Waals surface area contributed by atoms with Crippen molar-refractivity contribution < 1.29 is 4.79 Å². The number of amides is 1. The molecule has 106 valence electrons. The van der Waals surface area contributed by atoms with Crippen LogP contribution in [0.5, 0.6) is 0 Å². The fourth-order valence-electron chi connectivity index (χ4n) is 2.80. The summed E-state index contributed by atoms with van der Waals surface area (Å²) in [6.45, 7) is 1.09. The molecule has 1 aliphatic rings. The van der Waals surface area contributed by atoms with Gasteiger partial charge in [-0.2, -0.15) is 10.5 Å². The third-order valence-corrected chi connectivity index (χ3v) is 3.83. The van der Waals surface area contributed by atoms with Crippen molar-refractivity contribution in [3.05, 3.63) is 58.7 Å².